The van der Waals surface area contributed by atoms with Crippen LogP contribution in [-0.4, -0.2) is 22.4 Å². The van der Waals surface area contributed by atoms with E-state index in [4.69, 9.17) is 0 Å². The summed E-state index contributed by atoms with van der Waals surface area (Å²) in [6.07, 6.45) is 16.1. The van der Waals surface area contributed by atoms with Crippen molar-refractivity contribution < 1.29 is 4.79 Å². The van der Waals surface area contributed by atoms with Crippen molar-refractivity contribution in [2.75, 3.05) is 6.54 Å². The monoisotopic (exact) mass is 365 g/mol. The van der Waals surface area contributed by atoms with Gasteiger partial charge in [-0.15, -0.1) is 0 Å². The fourth-order valence-corrected chi connectivity index (χ4v) is 7.37. The van der Waals surface area contributed by atoms with E-state index >= 15 is 0 Å². The SMILES string of the molecule is C[C@]12CCC(=O)NC[C@@H]1CC[C@@H]1[C@@H]2CC[C@]2(C)C(c3cnccn3)=CC[C@@H]12. The third-order valence-electron chi connectivity index (χ3n) is 8.92. The highest BCUT2D eigenvalue weighted by atomic mass is 16.1. The number of nitrogens with one attached hydrogen (secondary N) is 1. The third-order valence-corrected chi connectivity index (χ3v) is 8.92. The summed E-state index contributed by atoms with van der Waals surface area (Å²) in [5, 5.41) is 3.18. The molecule has 3 fully saturated rings. The number of fused-ring (bicyclic) bond motifs is 5. The Bertz CT molecular complexity index is 775. The van der Waals surface area contributed by atoms with Gasteiger partial charge in [-0.05, 0) is 78.6 Å². The van der Waals surface area contributed by atoms with Crippen molar-refractivity contribution in [3.8, 4) is 0 Å². The van der Waals surface area contributed by atoms with Crippen LogP contribution in [0.2, 0.25) is 0 Å². The predicted molar refractivity (Wildman–Crippen MR) is 106 cm³/mol. The summed E-state index contributed by atoms with van der Waals surface area (Å²) in [7, 11) is 0. The summed E-state index contributed by atoms with van der Waals surface area (Å²) >= 11 is 0. The molecule has 0 radical (unpaired) electrons. The lowest BCUT2D eigenvalue weighted by molar-refractivity contribution is -0.121. The Balaban J connectivity index is 1.45. The van der Waals surface area contributed by atoms with Crippen LogP contribution in [0.4, 0.5) is 0 Å². The van der Waals surface area contributed by atoms with E-state index in [2.05, 4.69) is 35.2 Å². The van der Waals surface area contributed by atoms with Crippen molar-refractivity contribution in [2.45, 2.75) is 58.8 Å². The highest BCUT2D eigenvalue weighted by Crippen LogP contribution is 2.66. The maximum absolute atomic E-state index is 12.0. The van der Waals surface area contributed by atoms with Gasteiger partial charge in [-0.1, -0.05) is 19.9 Å². The summed E-state index contributed by atoms with van der Waals surface area (Å²) in [5.41, 5.74) is 3.06. The summed E-state index contributed by atoms with van der Waals surface area (Å²) in [6.45, 7) is 5.88. The van der Waals surface area contributed by atoms with Crippen LogP contribution >= 0.6 is 0 Å². The normalized spacial score (nSPS) is 43.6. The second kappa shape index (κ2) is 6.15. The minimum Gasteiger partial charge on any atom is -0.356 e. The average Bonchev–Trinajstić information content (AvgIpc) is 2.95. The first-order valence-electron chi connectivity index (χ1n) is 10.8. The van der Waals surface area contributed by atoms with Crippen LogP contribution < -0.4 is 5.32 Å². The zero-order valence-corrected chi connectivity index (χ0v) is 16.6. The zero-order valence-electron chi connectivity index (χ0n) is 16.6. The van der Waals surface area contributed by atoms with Gasteiger partial charge in [0.2, 0.25) is 5.91 Å². The fourth-order valence-electron chi connectivity index (χ4n) is 7.37. The molecule has 5 rings (SSSR count). The van der Waals surface area contributed by atoms with E-state index in [9.17, 15) is 4.79 Å². The molecule has 1 N–H and O–H groups in total. The summed E-state index contributed by atoms with van der Waals surface area (Å²) in [6, 6.07) is 0. The van der Waals surface area contributed by atoms with E-state index in [0.29, 0.717) is 17.8 Å². The first kappa shape index (κ1) is 17.4. The van der Waals surface area contributed by atoms with Gasteiger partial charge < -0.3 is 5.32 Å². The zero-order chi connectivity index (χ0) is 18.6. The van der Waals surface area contributed by atoms with E-state index in [-0.39, 0.29) is 11.3 Å². The van der Waals surface area contributed by atoms with Crippen molar-refractivity contribution in [3.05, 3.63) is 30.4 Å². The number of amides is 1. The van der Waals surface area contributed by atoms with Crippen LogP contribution in [0.15, 0.2) is 24.7 Å². The molecule has 6 atom stereocenters. The molecular formula is C23H31N3O. The van der Waals surface area contributed by atoms with Crippen LogP contribution in [0.1, 0.15) is 64.5 Å². The van der Waals surface area contributed by atoms with Gasteiger partial charge in [-0.3, -0.25) is 14.8 Å². The van der Waals surface area contributed by atoms with Crippen molar-refractivity contribution in [2.24, 2.45) is 34.5 Å². The first-order chi connectivity index (χ1) is 13.0. The Morgan fingerprint density at radius 3 is 2.81 bits per heavy atom. The molecule has 2 heterocycles. The summed E-state index contributed by atoms with van der Waals surface area (Å²) < 4.78 is 0. The Labute approximate surface area is 162 Å². The first-order valence-corrected chi connectivity index (χ1v) is 10.8. The second-order valence-electron chi connectivity index (χ2n) is 9.86. The summed E-state index contributed by atoms with van der Waals surface area (Å²) in [5.74, 6) is 3.18. The van der Waals surface area contributed by atoms with Crippen molar-refractivity contribution in [3.63, 3.8) is 0 Å². The molecule has 3 aliphatic carbocycles. The van der Waals surface area contributed by atoms with Gasteiger partial charge in [0.15, 0.2) is 0 Å². The molecule has 1 amide bonds. The maximum atomic E-state index is 12.0. The molecule has 144 valence electrons. The highest BCUT2D eigenvalue weighted by molar-refractivity contribution is 5.76. The van der Waals surface area contributed by atoms with Crippen molar-refractivity contribution >= 4 is 11.5 Å². The lowest BCUT2D eigenvalue weighted by Gasteiger charge is -2.58. The number of hydrogen-bond acceptors (Lipinski definition) is 3. The molecule has 4 aliphatic rings. The molecule has 0 unspecified atom stereocenters. The molecule has 27 heavy (non-hydrogen) atoms. The Morgan fingerprint density at radius 2 is 2.00 bits per heavy atom. The number of carbonyl (C=O) groups is 1. The number of nitrogens with zero attached hydrogens (tertiary/aromatic N) is 2. The predicted octanol–water partition coefficient (Wildman–Crippen LogP) is 4.24. The highest BCUT2D eigenvalue weighted by Gasteiger charge is 2.58. The molecule has 4 heteroatoms. The molecule has 1 aromatic heterocycles. The van der Waals surface area contributed by atoms with E-state index in [1.807, 2.05) is 12.4 Å². The quantitative estimate of drug-likeness (QED) is 0.810. The molecule has 0 aromatic carbocycles. The van der Waals surface area contributed by atoms with Crippen molar-refractivity contribution in [1.82, 2.24) is 15.3 Å². The molecule has 4 nitrogen and oxygen atoms in total. The molecule has 0 bridgehead atoms. The van der Waals surface area contributed by atoms with Gasteiger partial charge in [0.25, 0.3) is 0 Å². The third kappa shape index (κ3) is 2.51. The minimum absolute atomic E-state index is 0.235. The lowest BCUT2D eigenvalue weighted by Crippen LogP contribution is -2.52. The average molecular weight is 366 g/mol. The standard InChI is InChI=1S/C23H31N3O/c1-22-10-8-21(27)26-13-15(22)3-4-16-17-5-6-19(20-14-24-11-12-25-20)23(17,2)9-7-18(16)22/h6,11-12,14-18H,3-5,7-10,13H2,1-2H3,(H,26,27)/t15-,16-,17-,18-,22-,23-/m0/s1. The number of hydrogen-bond donors (Lipinski definition) is 1. The minimum atomic E-state index is 0.235. The van der Waals surface area contributed by atoms with E-state index in [1.165, 1.54) is 37.7 Å². The van der Waals surface area contributed by atoms with Gasteiger partial charge in [-0.25, -0.2) is 0 Å². The molecule has 2 saturated carbocycles. The summed E-state index contributed by atoms with van der Waals surface area (Å²) in [4.78, 5) is 21.0. The van der Waals surface area contributed by atoms with Crippen LogP contribution in [0.25, 0.3) is 5.57 Å². The maximum Gasteiger partial charge on any atom is 0.220 e. The van der Waals surface area contributed by atoms with Crippen LogP contribution in [0.3, 0.4) is 0 Å². The molecule has 0 spiro atoms. The smallest absolute Gasteiger partial charge is 0.220 e. The Hall–Kier alpha value is -1.71. The van der Waals surface area contributed by atoms with Crippen LogP contribution in [0.5, 0.6) is 0 Å². The Morgan fingerprint density at radius 1 is 1.11 bits per heavy atom. The van der Waals surface area contributed by atoms with E-state index in [1.54, 1.807) is 6.20 Å². The largest absolute Gasteiger partial charge is 0.356 e. The van der Waals surface area contributed by atoms with E-state index < -0.39 is 0 Å². The lowest BCUT2D eigenvalue weighted by atomic mass is 9.46. The van der Waals surface area contributed by atoms with Gasteiger partial charge >= 0.3 is 0 Å². The second-order valence-corrected chi connectivity index (χ2v) is 9.86. The number of rotatable bonds is 1. The molecule has 1 aromatic rings. The number of aromatic nitrogens is 2. The van der Waals surface area contributed by atoms with Gasteiger partial charge in [0.05, 0.1) is 11.9 Å². The van der Waals surface area contributed by atoms with Gasteiger partial charge in [0, 0.05) is 25.4 Å². The Kier molecular flexibility index (Phi) is 3.96. The fraction of sp³-hybridized carbons (Fsp3) is 0.696. The topological polar surface area (TPSA) is 54.9 Å². The van der Waals surface area contributed by atoms with Crippen LogP contribution in [-0.2, 0) is 4.79 Å². The van der Waals surface area contributed by atoms with Gasteiger partial charge in [-0.2, -0.15) is 0 Å². The molecule has 1 saturated heterocycles. The van der Waals surface area contributed by atoms with Crippen LogP contribution in [0, 0.1) is 34.5 Å². The molecular weight excluding hydrogens is 334 g/mol. The van der Waals surface area contributed by atoms with Crippen molar-refractivity contribution in [1.29, 1.82) is 0 Å². The van der Waals surface area contributed by atoms with E-state index in [0.717, 1.165) is 36.4 Å². The van der Waals surface area contributed by atoms with Gasteiger partial charge in [0.1, 0.15) is 0 Å². The number of allylic oxidation sites excluding steroid dienone is 2. The number of carbonyl (C=O) groups excluding carboxylic acids is 1. The molecule has 1 aliphatic heterocycles.